The molecule has 50 heavy (non-hydrogen) atoms. The molecule has 8 rings (SSSR count). The zero-order valence-electron chi connectivity index (χ0n) is 30.0. The monoisotopic (exact) mass is 708 g/mol. The van der Waals surface area contributed by atoms with Crippen molar-refractivity contribution in [3.05, 3.63) is 11.6 Å². The molecule has 0 aromatic heterocycles. The van der Waals surface area contributed by atoms with Crippen molar-refractivity contribution in [3.63, 3.8) is 0 Å². The fourth-order valence-electron chi connectivity index (χ4n) is 12.3. The van der Waals surface area contributed by atoms with Crippen molar-refractivity contribution < 1.29 is 59.1 Å². The lowest BCUT2D eigenvalue weighted by Crippen LogP contribution is -2.63. The Morgan fingerprint density at radius 1 is 0.860 bits per heavy atom. The topological polar surface area (TPSA) is 177 Å². The van der Waals surface area contributed by atoms with Gasteiger partial charge in [0, 0.05) is 12.3 Å². The van der Waals surface area contributed by atoms with Gasteiger partial charge < -0.3 is 59.1 Å². The first kappa shape index (κ1) is 36.2. The molecule has 0 amide bonds. The van der Waals surface area contributed by atoms with E-state index in [1.165, 1.54) is 24.8 Å². The molecule has 0 radical (unpaired) electrons. The summed E-state index contributed by atoms with van der Waals surface area (Å²) in [6, 6.07) is 0. The van der Waals surface area contributed by atoms with E-state index >= 15 is 0 Å². The molecule has 0 aromatic rings. The van der Waals surface area contributed by atoms with E-state index in [4.69, 9.17) is 28.4 Å². The van der Waals surface area contributed by atoms with Crippen LogP contribution in [-0.2, 0) is 28.4 Å². The molecule has 8 aliphatic rings. The Balaban J connectivity index is 0.915. The summed E-state index contributed by atoms with van der Waals surface area (Å²) >= 11 is 0. The quantitative estimate of drug-likeness (QED) is 0.230. The van der Waals surface area contributed by atoms with Crippen LogP contribution in [0.5, 0.6) is 0 Å². The molecular formula is C38H60O12. The highest BCUT2D eigenvalue weighted by Gasteiger charge is 2.68. The summed E-state index contributed by atoms with van der Waals surface area (Å²) in [4.78, 5) is 0. The van der Waals surface area contributed by atoms with Gasteiger partial charge in [0.25, 0.3) is 0 Å². The van der Waals surface area contributed by atoms with Crippen molar-refractivity contribution in [2.45, 2.75) is 159 Å². The maximum absolute atomic E-state index is 11.1. The van der Waals surface area contributed by atoms with Gasteiger partial charge in [-0.3, -0.25) is 0 Å². The van der Waals surface area contributed by atoms with E-state index in [2.05, 4.69) is 33.8 Å². The number of aliphatic hydroxyl groups excluding tert-OH is 6. The summed E-state index contributed by atoms with van der Waals surface area (Å²) in [7, 11) is 0. The molecule has 4 aliphatic heterocycles. The van der Waals surface area contributed by atoms with Crippen molar-refractivity contribution >= 4 is 0 Å². The number of hydrogen-bond donors (Lipinski definition) is 6. The van der Waals surface area contributed by atoms with Crippen LogP contribution >= 0.6 is 0 Å². The van der Waals surface area contributed by atoms with Gasteiger partial charge in [-0.2, -0.15) is 0 Å². The molecule has 0 bridgehead atoms. The number of ether oxygens (including phenoxy) is 6. The molecule has 1 spiro atoms. The number of rotatable bonds is 5. The average molecular weight is 709 g/mol. The minimum Gasteiger partial charge on any atom is -0.394 e. The fourth-order valence-corrected chi connectivity index (χ4v) is 12.3. The van der Waals surface area contributed by atoms with Crippen LogP contribution in [0, 0.1) is 46.3 Å². The van der Waals surface area contributed by atoms with Crippen LogP contribution in [0.15, 0.2) is 11.6 Å². The summed E-state index contributed by atoms with van der Waals surface area (Å²) < 4.78 is 36.8. The Morgan fingerprint density at radius 3 is 2.38 bits per heavy atom. The Hall–Kier alpha value is -0.740. The number of hydrogen-bond acceptors (Lipinski definition) is 12. The summed E-state index contributed by atoms with van der Waals surface area (Å²) in [5, 5.41) is 62.4. The van der Waals surface area contributed by atoms with Crippen LogP contribution in [0.3, 0.4) is 0 Å². The molecule has 12 heteroatoms. The molecule has 4 aliphatic carbocycles. The van der Waals surface area contributed by atoms with Gasteiger partial charge in [0.15, 0.2) is 18.4 Å². The molecule has 4 saturated heterocycles. The molecule has 20 atom stereocenters. The molecule has 4 heterocycles. The van der Waals surface area contributed by atoms with Gasteiger partial charge in [0.1, 0.15) is 42.7 Å². The van der Waals surface area contributed by atoms with Crippen LogP contribution in [0.4, 0.5) is 0 Å². The first-order chi connectivity index (χ1) is 23.8. The first-order valence-corrected chi connectivity index (χ1v) is 19.4. The van der Waals surface area contributed by atoms with Crippen LogP contribution < -0.4 is 0 Å². The van der Waals surface area contributed by atoms with Crippen LogP contribution in [0.2, 0.25) is 0 Å². The maximum atomic E-state index is 11.1. The second-order valence-corrected chi connectivity index (χ2v) is 17.8. The molecular weight excluding hydrogens is 648 g/mol. The van der Waals surface area contributed by atoms with E-state index in [9.17, 15) is 30.6 Å². The van der Waals surface area contributed by atoms with Gasteiger partial charge >= 0.3 is 0 Å². The van der Waals surface area contributed by atoms with E-state index < -0.39 is 67.7 Å². The van der Waals surface area contributed by atoms with E-state index in [1.807, 2.05) is 0 Å². The Labute approximate surface area is 295 Å². The Bertz CT molecular complexity index is 1270. The molecule has 3 saturated carbocycles. The summed E-state index contributed by atoms with van der Waals surface area (Å²) in [6.07, 6.45) is -0.517. The summed E-state index contributed by atoms with van der Waals surface area (Å²) in [5.41, 5.74) is 1.75. The Kier molecular flexibility index (Phi) is 9.59. The van der Waals surface area contributed by atoms with Gasteiger partial charge in [-0.1, -0.05) is 39.3 Å². The SMILES string of the molecule is C[C@@H]1CC[C@@]2(OC1)O[C@H]1CC3C4CC=C5C[C@H](O[C@@H]6O[C@H](CO)[C@@H](O[C@@H]7OC[C@@H](O)[C@H](O)[C@H]7O)[C@H](O)[C@H]6O)CC[C@]5(C)C4CC[C@]3(C)[C@H]1[C@@H]2C. The molecule has 0 aromatic carbocycles. The standard InChI is InChI=1S/C38H60O12/c1-18-7-12-38(46-16-18)19(2)28-26(50-38)14-24-22-6-5-20-13-21(8-10-36(20,3)23(22)9-11-37(24,28)4)47-35-32(44)30(42)33(27(15-39)48-35)49-34-31(43)29(41)25(40)17-45-34/h5,18-19,21-35,39-44H,6-17H2,1-4H3/t18-,19+,21-,22?,23?,24?,25-,26+,27-,28+,29+,30-,31-,32-,33-,34+,35-,36+,37+,38-/m1/s1. The largest absolute Gasteiger partial charge is 0.394 e. The normalized spacial score (nSPS) is 57.8. The molecule has 3 unspecified atom stereocenters. The van der Waals surface area contributed by atoms with E-state index in [-0.39, 0.29) is 29.6 Å². The predicted molar refractivity (Wildman–Crippen MR) is 177 cm³/mol. The second-order valence-electron chi connectivity index (χ2n) is 17.8. The zero-order valence-corrected chi connectivity index (χ0v) is 30.0. The van der Waals surface area contributed by atoms with Crippen molar-refractivity contribution in [2.75, 3.05) is 19.8 Å². The van der Waals surface area contributed by atoms with Gasteiger partial charge in [-0.15, -0.1) is 0 Å². The number of allylic oxidation sites excluding steroid dienone is 1. The van der Waals surface area contributed by atoms with Crippen LogP contribution in [0.1, 0.15) is 85.5 Å². The van der Waals surface area contributed by atoms with Crippen molar-refractivity contribution in [1.29, 1.82) is 0 Å². The minimum atomic E-state index is -1.59. The third kappa shape index (κ3) is 5.61. The van der Waals surface area contributed by atoms with Crippen LogP contribution in [-0.4, -0.2) is 124 Å². The van der Waals surface area contributed by atoms with Crippen molar-refractivity contribution in [2.24, 2.45) is 46.3 Å². The Morgan fingerprint density at radius 2 is 1.64 bits per heavy atom. The fraction of sp³-hybridized carbons (Fsp3) is 0.947. The maximum Gasteiger partial charge on any atom is 0.186 e. The smallest absolute Gasteiger partial charge is 0.186 e. The van der Waals surface area contributed by atoms with Crippen molar-refractivity contribution in [3.8, 4) is 0 Å². The predicted octanol–water partition coefficient (Wildman–Crippen LogP) is 2.00. The molecule has 7 fully saturated rings. The lowest BCUT2D eigenvalue weighted by molar-refractivity contribution is -0.353. The second kappa shape index (κ2) is 13.2. The number of aliphatic hydroxyl groups is 6. The van der Waals surface area contributed by atoms with E-state index in [1.54, 1.807) is 0 Å². The lowest BCUT2D eigenvalue weighted by Gasteiger charge is -2.58. The lowest BCUT2D eigenvalue weighted by atomic mass is 9.47. The third-order valence-corrected chi connectivity index (χ3v) is 15.2. The zero-order chi connectivity index (χ0) is 35.3. The van der Waals surface area contributed by atoms with E-state index in [0.717, 1.165) is 45.1 Å². The highest BCUT2D eigenvalue weighted by atomic mass is 16.7. The van der Waals surface area contributed by atoms with Crippen LogP contribution in [0.25, 0.3) is 0 Å². The number of fused-ring (bicyclic) bond motifs is 7. The minimum absolute atomic E-state index is 0.0786. The highest BCUT2D eigenvalue weighted by molar-refractivity contribution is 5.26. The third-order valence-electron chi connectivity index (χ3n) is 15.2. The van der Waals surface area contributed by atoms with Gasteiger partial charge in [-0.05, 0) is 91.8 Å². The van der Waals surface area contributed by atoms with Crippen molar-refractivity contribution in [1.82, 2.24) is 0 Å². The summed E-state index contributed by atoms with van der Waals surface area (Å²) in [6.45, 7) is 9.66. The van der Waals surface area contributed by atoms with Gasteiger partial charge in [-0.25, -0.2) is 0 Å². The van der Waals surface area contributed by atoms with E-state index in [0.29, 0.717) is 35.5 Å². The summed E-state index contributed by atoms with van der Waals surface area (Å²) in [5.74, 6) is 3.00. The first-order valence-electron chi connectivity index (χ1n) is 19.4. The van der Waals surface area contributed by atoms with Gasteiger partial charge in [0.2, 0.25) is 0 Å². The average Bonchev–Trinajstić information content (AvgIpc) is 3.55. The molecule has 12 nitrogen and oxygen atoms in total. The molecule has 284 valence electrons. The highest BCUT2D eigenvalue weighted by Crippen LogP contribution is 2.70. The molecule has 6 N–H and O–H groups in total. The van der Waals surface area contributed by atoms with Gasteiger partial charge in [0.05, 0.1) is 32.0 Å².